The lowest BCUT2D eigenvalue weighted by atomic mass is 9.92. The monoisotopic (exact) mass is 247 g/mol. The number of benzene rings is 1. The van der Waals surface area contributed by atoms with Gasteiger partial charge < -0.3 is 5.32 Å². The molecule has 0 saturated heterocycles. The van der Waals surface area contributed by atoms with Gasteiger partial charge in [0.15, 0.2) is 0 Å². The van der Waals surface area contributed by atoms with Crippen LogP contribution in [-0.4, -0.2) is 12.6 Å². The van der Waals surface area contributed by atoms with Crippen LogP contribution in [-0.2, 0) is 6.42 Å². The van der Waals surface area contributed by atoms with E-state index in [1.54, 1.807) is 0 Å². The molecule has 0 aliphatic heterocycles. The van der Waals surface area contributed by atoms with Crippen molar-refractivity contribution in [2.45, 2.75) is 59.4 Å². The van der Waals surface area contributed by atoms with Crippen molar-refractivity contribution in [2.24, 2.45) is 5.92 Å². The van der Waals surface area contributed by atoms with Crippen molar-refractivity contribution in [3.63, 3.8) is 0 Å². The summed E-state index contributed by atoms with van der Waals surface area (Å²) in [6.45, 7) is 12.4. The van der Waals surface area contributed by atoms with Gasteiger partial charge >= 0.3 is 0 Å². The van der Waals surface area contributed by atoms with Gasteiger partial charge in [0, 0.05) is 6.04 Å². The molecule has 1 aromatic carbocycles. The summed E-state index contributed by atoms with van der Waals surface area (Å²) in [5.74, 6) is 1.35. The first-order valence-electron chi connectivity index (χ1n) is 7.40. The Morgan fingerprint density at radius 3 is 2.06 bits per heavy atom. The van der Waals surface area contributed by atoms with E-state index in [0.29, 0.717) is 12.0 Å². The summed E-state index contributed by atoms with van der Waals surface area (Å²) in [7, 11) is 0. The quantitative estimate of drug-likeness (QED) is 0.754. The van der Waals surface area contributed by atoms with Crippen LogP contribution >= 0.6 is 0 Å². The molecule has 1 aromatic rings. The van der Waals surface area contributed by atoms with Gasteiger partial charge in [-0.2, -0.15) is 0 Å². The lowest BCUT2D eigenvalue weighted by molar-refractivity contribution is 0.371. The molecular weight excluding hydrogens is 218 g/mol. The second-order valence-corrected chi connectivity index (χ2v) is 5.65. The van der Waals surface area contributed by atoms with Gasteiger partial charge in [-0.05, 0) is 35.9 Å². The van der Waals surface area contributed by atoms with Crippen LogP contribution in [0.1, 0.15) is 58.1 Å². The fourth-order valence-corrected chi connectivity index (χ4v) is 2.31. The summed E-state index contributed by atoms with van der Waals surface area (Å²) >= 11 is 0. The minimum Gasteiger partial charge on any atom is -0.314 e. The van der Waals surface area contributed by atoms with Crippen molar-refractivity contribution in [1.82, 2.24) is 5.32 Å². The van der Waals surface area contributed by atoms with E-state index >= 15 is 0 Å². The van der Waals surface area contributed by atoms with Gasteiger partial charge in [0.05, 0.1) is 0 Å². The van der Waals surface area contributed by atoms with Crippen molar-refractivity contribution in [1.29, 1.82) is 0 Å². The zero-order valence-electron chi connectivity index (χ0n) is 12.7. The lowest BCUT2D eigenvalue weighted by Crippen LogP contribution is -2.36. The summed E-state index contributed by atoms with van der Waals surface area (Å²) in [5.41, 5.74) is 2.88. The highest BCUT2D eigenvalue weighted by molar-refractivity contribution is 5.25. The first-order valence-corrected chi connectivity index (χ1v) is 7.40. The molecular formula is C17H29N. The Balaban J connectivity index is 2.68. The maximum absolute atomic E-state index is 3.62. The topological polar surface area (TPSA) is 12.0 Å². The van der Waals surface area contributed by atoms with E-state index in [-0.39, 0.29) is 0 Å². The third-order valence-corrected chi connectivity index (χ3v) is 3.90. The minimum atomic E-state index is 0.602. The Hall–Kier alpha value is -0.820. The van der Waals surface area contributed by atoms with E-state index in [9.17, 15) is 0 Å². The average molecular weight is 247 g/mol. The van der Waals surface area contributed by atoms with E-state index in [4.69, 9.17) is 0 Å². The van der Waals surface area contributed by atoms with Crippen LogP contribution in [0.4, 0.5) is 0 Å². The highest BCUT2D eigenvalue weighted by atomic mass is 14.9. The van der Waals surface area contributed by atoms with Gasteiger partial charge in [-0.3, -0.25) is 0 Å². The minimum absolute atomic E-state index is 0.602. The van der Waals surface area contributed by atoms with Crippen molar-refractivity contribution < 1.29 is 0 Å². The molecule has 0 aromatic heterocycles. The van der Waals surface area contributed by atoms with Crippen molar-refractivity contribution in [3.8, 4) is 0 Å². The van der Waals surface area contributed by atoms with Gasteiger partial charge in [-0.25, -0.2) is 0 Å². The molecule has 0 amide bonds. The van der Waals surface area contributed by atoms with Gasteiger partial charge in [0.1, 0.15) is 0 Å². The number of hydrogen-bond acceptors (Lipinski definition) is 1. The Labute approximate surface area is 113 Å². The normalized spacial score (nSPS) is 14.8. The summed E-state index contributed by atoms with van der Waals surface area (Å²) in [5, 5.41) is 3.62. The Morgan fingerprint density at radius 2 is 1.61 bits per heavy atom. The van der Waals surface area contributed by atoms with Gasteiger partial charge in [0.25, 0.3) is 0 Å². The largest absolute Gasteiger partial charge is 0.314 e. The first kappa shape index (κ1) is 15.2. The van der Waals surface area contributed by atoms with Crippen molar-refractivity contribution >= 4 is 0 Å². The summed E-state index contributed by atoms with van der Waals surface area (Å²) in [4.78, 5) is 0. The standard InChI is InChI=1S/C17H29N/c1-6-14(5)17(18-7-2)12-15-8-10-16(11-9-15)13(3)4/h8-11,13-14,17-18H,6-7,12H2,1-5H3. The molecule has 2 unspecified atom stereocenters. The third-order valence-electron chi connectivity index (χ3n) is 3.90. The summed E-state index contributed by atoms with van der Waals surface area (Å²) in [6.07, 6.45) is 2.38. The second-order valence-electron chi connectivity index (χ2n) is 5.65. The Bertz CT molecular complexity index is 326. The second kappa shape index (κ2) is 7.58. The summed E-state index contributed by atoms with van der Waals surface area (Å²) in [6, 6.07) is 9.74. The molecule has 0 heterocycles. The van der Waals surface area contributed by atoms with E-state index < -0.39 is 0 Å². The Kier molecular flexibility index (Phi) is 6.42. The molecule has 18 heavy (non-hydrogen) atoms. The molecule has 102 valence electrons. The molecule has 0 fully saturated rings. The molecule has 2 atom stereocenters. The number of rotatable bonds is 7. The maximum atomic E-state index is 3.62. The van der Waals surface area contributed by atoms with Crippen LogP contribution < -0.4 is 5.32 Å². The SMILES string of the molecule is CCNC(Cc1ccc(C(C)C)cc1)C(C)CC. The maximum Gasteiger partial charge on any atom is 0.0133 e. The molecule has 0 saturated carbocycles. The van der Waals surface area contributed by atoms with Gasteiger partial charge in [-0.1, -0.05) is 65.3 Å². The predicted octanol–water partition coefficient (Wildman–Crippen LogP) is 4.38. The average Bonchev–Trinajstić information content (AvgIpc) is 2.38. The van der Waals surface area contributed by atoms with Crippen LogP contribution in [0.25, 0.3) is 0 Å². The fraction of sp³-hybridized carbons (Fsp3) is 0.647. The smallest absolute Gasteiger partial charge is 0.0133 e. The van der Waals surface area contributed by atoms with Gasteiger partial charge in [-0.15, -0.1) is 0 Å². The lowest BCUT2D eigenvalue weighted by Gasteiger charge is -2.24. The van der Waals surface area contributed by atoms with Crippen molar-refractivity contribution in [2.75, 3.05) is 6.54 Å². The van der Waals surface area contributed by atoms with E-state index in [1.165, 1.54) is 17.5 Å². The zero-order chi connectivity index (χ0) is 13.5. The molecule has 0 bridgehead atoms. The fourth-order valence-electron chi connectivity index (χ4n) is 2.31. The van der Waals surface area contributed by atoms with E-state index in [1.807, 2.05) is 0 Å². The first-order chi connectivity index (χ1) is 8.58. The van der Waals surface area contributed by atoms with Crippen LogP contribution in [0.5, 0.6) is 0 Å². The van der Waals surface area contributed by atoms with Gasteiger partial charge in [0.2, 0.25) is 0 Å². The molecule has 1 heteroatoms. The number of hydrogen-bond donors (Lipinski definition) is 1. The van der Waals surface area contributed by atoms with Crippen LogP contribution in [0.3, 0.4) is 0 Å². The van der Waals surface area contributed by atoms with E-state index in [2.05, 4.69) is 64.2 Å². The Morgan fingerprint density at radius 1 is 1.00 bits per heavy atom. The molecule has 0 radical (unpaired) electrons. The van der Waals surface area contributed by atoms with Crippen molar-refractivity contribution in [3.05, 3.63) is 35.4 Å². The number of likely N-dealkylation sites (N-methyl/N-ethyl adjacent to an activating group) is 1. The van der Waals surface area contributed by atoms with Crippen LogP contribution in [0.2, 0.25) is 0 Å². The molecule has 1 nitrogen and oxygen atoms in total. The zero-order valence-corrected chi connectivity index (χ0v) is 12.7. The summed E-state index contributed by atoms with van der Waals surface area (Å²) < 4.78 is 0. The molecule has 1 rings (SSSR count). The molecule has 0 spiro atoms. The molecule has 0 aliphatic rings. The third kappa shape index (κ3) is 4.45. The highest BCUT2D eigenvalue weighted by Crippen LogP contribution is 2.18. The predicted molar refractivity (Wildman–Crippen MR) is 81.2 cm³/mol. The molecule has 1 N–H and O–H groups in total. The highest BCUT2D eigenvalue weighted by Gasteiger charge is 2.15. The van der Waals surface area contributed by atoms with Crippen LogP contribution in [0, 0.1) is 5.92 Å². The van der Waals surface area contributed by atoms with E-state index in [0.717, 1.165) is 18.9 Å². The number of nitrogens with one attached hydrogen (secondary N) is 1. The van der Waals surface area contributed by atoms with Crippen LogP contribution in [0.15, 0.2) is 24.3 Å². The molecule has 0 aliphatic carbocycles.